The summed E-state index contributed by atoms with van der Waals surface area (Å²) in [4.78, 5) is 4.98. The molecule has 0 aromatic heterocycles. The Balaban J connectivity index is 0.00000363. The Labute approximate surface area is 208 Å². The molecule has 2 aromatic rings. The third kappa shape index (κ3) is 7.35. The second-order valence-electron chi connectivity index (χ2n) is 7.81. The maximum atomic E-state index is 12.6. The van der Waals surface area contributed by atoms with Gasteiger partial charge < -0.3 is 15.4 Å². The average molecular weight is 573 g/mol. The average Bonchev–Trinajstić information content (AvgIpc) is 3.59. The highest BCUT2D eigenvalue weighted by atomic mass is 127. The highest BCUT2D eigenvalue weighted by Gasteiger charge is 2.22. The van der Waals surface area contributed by atoms with Gasteiger partial charge in [0.2, 0.25) is 10.0 Å². The number of nitrogens with one attached hydrogen (secondary N) is 2. The first kappa shape index (κ1) is 26.4. The second kappa shape index (κ2) is 12.4. The lowest BCUT2D eigenvalue weighted by Gasteiger charge is -2.17. The summed E-state index contributed by atoms with van der Waals surface area (Å²) in [5, 5.41) is 6.48. The molecule has 0 spiro atoms. The number of aliphatic imine (C=N–C) groups is 1. The number of halogens is 1. The Hall–Kier alpha value is -1.85. The van der Waals surface area contributed by atoms with Gasteiger partial charge >= 0.3 is 0 Å². The number of nitrogens with zero attached hydrogens (tertiary/aromatic N) is 2. The molecule has 0 bridgehead atoms. The van der Waals surface area contributed by atoms with E-state index in [1.165, 1.54) is 31.2 Å². The molecular weight excluding hydrogens is 539 g/mol. The van der Waals surface area contributed by atoms with E-state index in [-0.39, 0.29) is 24.0 Å². The molecule has 1 fully saturated rings. The van der Waals surface area contributed by atoms with Gasteiger partial charge in [-0.3, -0.25) is 0 Å². The van der Waals surface area contributed by atoms with Gasteiger partial charge in [0.15, 0.2) is 5.96 Å². The SMILES string of the molecule is CCNC(=NCc1ccccc1OCC1CC1)NCc1ccccc1S(=O)(=O)N(C)C.I. The molecule has 0 amide bonds. The van der Waals surface area contributed by atoms with Crippen molar-refractivity contribution in [1.82, 2.24) is 14.9 Å². The monoisotopic (exact) mass is 572 g/mol. The molecule has 0 saturated heterocycles. The van der Waals surface area contributed by atoms with Crippen LogP contribution in [0.4, 0.5) is 0 Å². The van der Waals surface area contributed by atoms with Crippen molar-refractivity contribution in [3.05, 3.63) is 59.7 Å². The van der Waals surface area contributed by atoms with E-state index in [2.05, 4.69) is 15.6 Å². The fourth-order valence-electron chi connectivity index (χ4n) is 3.05. The number of benzene rings is 2. The summed E-state index contributed by atoms with van der Waals surface area (Å²) in [6.07, 6.45) is 2.50. The molecule has 0 radical (unpaired) electrons. The third-order valence-corrected chi connectivity index (χ3v) is 6.99. The van der Waals surface area contributed by atoms with Crippen molar-refractivity contribution >= 4 is 40.0 Å². The minimum absolute atomic E-state index is 0. The molecule has 1 aliphatic rings. The standard InChI is InChI=1S/C23H32N4O3S.HI/c1-4-24-23(25-15-19-9-5-7-11-21(19)30-17-18-13-14-18)26-16-20-10-6-8-12-22(20)31(28,29)27(2)3;/h5-12,18H,4,13-17H2,1-3H3,(H2,24,25,26);1H. The fourth-order valence-corrected chi connectivity index (χ4v) is 4.17. The highest BCUT2D eigenvalue weighted by molar-refractivity contribution is 14.0. The van der Waals surface area contributed by atoms with Crippen molar-refractivity contribution in [2.75, 3.05) is 27.2 Å². The third-order valence-electron chi connectivity index (χ3n) is 5.07. The predicted octanol–water partition coefficient (Wildman–Crippen LogP) is 3.60. The number of guanidine groups is 1. The van der Waals surface area contributed by atoms with Crippen LogP contribution in [-0.4, -0.2) is 45.9 Å². The molecule has 0 atom stereocenters. The lowest BCUT2D eigenvalue weighted by atomic mass is 10.2. The minimum Gasteiger partial charge on any atom is -0.493 e. The van der Waals surface area contributed by atoms with Gasteiger partial charge in [-0.05, 0) is 43.4 Å². The summed E-state index contributed by atoms with van der Waals surface area (Å²) >= 11 is 0. The van der Waals surface area contributed by atoms with Gasteiger partial charge in [0.1, 0.15) is 5.75 Å². The molecule has 7 nitrogen and oxygen atoms in total. The van der Waals surface area contributed by atoms with Crippen LogP contribution in [0.2, 0.25) is 0 Å². The van der Waals surface area contributed by atoms with Crippen LogP contribution < -0.4 is 15.4 Å². The van der Waals surface area contributed by atoms with Gasteiger partial charge in [-0.25, -0.2) is 17.7 Å². The lowest BCUT2D eigenvalue weighted by molar-refractivity contribution is 0.297. The first-order valence-electron chi connectivity index (χ1n) is 10.6. The molecule has 2 N–H and O–H groups in total. The summed E-state index contributed by atoms with van der Waals surface area (Å²) < 4.78 is 32.4. The van der Waals surface area contributed by atoms with Crippen molar-refractivity contribution in [2.24, 2.45) is 10.9 Å². The van der Waals surface area contributed by atoms with Crippen LogP contribution in [0.25, 0.3) is 0 Å². The van der Waals surface area contributed by atoms with Crippen LogP contribution in [0.3, 0.4) is 0 Å². The van der Waals surface area contributed by atoms with Gasteiger partial charge in [0, 0.05) is 32.7 Å². The van der Waals surface area contributed by atoms with Crippen LogP contribution in [0.1, 0.15) is 30.9 Å². The Morgan fingerprint density at radius 3 is 2.38 bits per heavy atom. The molecule has 1 saturated carbocycles. The van der Waals surface area contributed by atoms with Crippen molar-refractivity contribution < 1.29 is 13.2 Å². The number of para-hydroxylation sites is 1. The van der Waals surface area contributed by atoms with Crippen LogP contribution >= 0.6 is 24.0 Å². The summed E-state index contributed by atoms with van der Waals surface area (Å²) in [5.41, 5.74) is 1.71. The van der Waals surface area contributed by atoms with E-state index in [0.29, 0.717) is 42.0 Å². The van der Waals surface area contributed by atoms with E-state index in [1.807, 2.05) is 43.3 Å². The first-order chi connectivity index (χ1) is 14.9. The molecule has 0 unspecified atom stereocenters. The van der Waals surface area contributed by atoms with Crippen molar-refractivity contribution in [3.63, 3.8) is 0 Å². The van der Waals surface area contributed by atoms with Gasteiger partial charge in [-0.15, -0.1) is 24.0 Å². The Morgan fingerprint density at radius 1 is 1.06 bits per heavy atom. The number of ether oxygens (including phenoxy) is 1. The van der Waals surface area contributed by atoms with Crippen LogP contribution in [0, 0.1) is 5.92 Å². The fraction of sp³-hybridized carbons (Fsp3) is 0.435. The zero-order valence-corrected chi connectivity index (χ0v) is 22.0. The zero-order valence-electron chi connectivity index (χ0n) is 18.9. The molecule has 32 heavy (non-hydrogen) atoms. The molecular formula is C23H33IN4O3S. The van der Waals surface area contributed by atoms with Gasteiger partial charge in [0.25, 0.3) is 0 Å². The first-order valence-corrected chi connectivity index (χ1v) is 12.1. The summed E-state index contributed by atoms with van der Waals surface area (Å²) in [6.45, 7) is 4.26. The number of hydrogen-bond donors (Lipinski definition) is 2. The van der Waals surface area contributed by atoms with E-state index >= 15 is 0 Å². The highest BCUT2D eigenvalue weighted by Crippen LogP contribution is 2.30. The van der Waals surface area contributed by atoms with Gasteiger partial charge in [0.05, 0.1) is 18.0 Å². The zero-order chi connectivity index (χ0) is 22.3. The van der Waals surface area contributed by atoms with E-state index < -0.39 is 10.0 Å². The largest absolute Gasteiger partial charge is 0.493 e. The Bertz CT molecular complexity index is 1010. The van der Waals surface area contributed by atoms with Crippen LogP contribution in [0.5, 0.6) is 5.75 Å². The molecule has 176 valence electrons. The van der Waals surface area contributed by atoms with Crippen LogP contribution in [0.15, 0.2) is 58.4 Å². The number of sulfonamides is 1. The summed E-state index contributed by atoms with van der Waals surface area (Å²) in [6, 6.07) is 15.0. The van der Waals surface area contributed by atoms with E-state index in [0.717, 1.165) is 17.9 Å². The quantitative estimate of drug-likeness (QED) is 0.259. The van der Waals surface area contributed by atoms with Crippen molar-refractivity contribution in [1.29, 1.82) is 0 Å². The number of hydrogen-bond acceptors (Lipinski definition) is 4. The van der Waals surface area contributed by atoms with Gasteiger partial charge in [-0.1, -0.05) is 36.4 Å². The molecule has 0 heterocycles. The summed E-state index contributed by atoms with van der Waals surface area (Å²) in [5.74, 6) is 2.18. The number of rotatable bonds is 10. The Morgan fingerprint density at radius 2 is 1.72 bits per heavy atom. The molecule has 9 heteroatoms. The second-order valence-corrected chi connectivity index (χ2v) is 9.93. The predicted molar refractivity (Wildman–Crippen MR) is 139 cm³/mol. The van der Waals surface area contributed by atoms with Gasteiger partial charge in [-0.2, -0.15) is 0 Å². The topological polar surface area (TPSA) is 83.0 Å². The van der Waals surface area contributed by atoms with E-state index in [9.17, 15) is 8.42 Å². The van der Waals surface area contributed by atoms with Crippen molar-refractivity contribution in [2.45, 2.75) is 37.8 Å². The maximum Gasteiger partial charge on any atom is 0.242 e. The van der Waals surface area contributed by atoms with E-state index in [1.54, 1.807) is 12.1 Å². The van der Waals surface area contributed by atoms with Crippen molar-refractivity contribution in [3.8, 4) is 5.75 Å². The summed E-state index contributed by atoms with van der Waals surface area (Å²) in [7, 11) is -0.449. The molecule has 1 aliphatic carbocycles. The smallest absolute Gasteiger partial charge is 0.242 e. The normalized spacial score (nSPS) is 14.1. The lowest BCUT2D eigenvalue weighted by Crippen LogP contribution is -2.37. The molecule has 0 aliphatic heterocycles. The van der Waals surface area contributed by atoms with Crippen LogP contribution in [-0.2, 0) is 23.1 Å². The van der Waals surface area contributed by atoms with E-state index in [4.69, 9.17) is 4.74 Å². The Kier molecular flexibility index (Phi) is 10.2. The maximum absolute atomic E-state index is 12.6. The molecule has 3 rings (SSSR count). The minimum atomic E-state index is -3.52. The molecule has 2 aromatic carbocycles.